The van der Waals surface area contributed by atoms with Gasteiger partial charge in [0.15, 0.2) is 0 Å². The summed E-state index contributed by atoms with van der Waals surface area (Å²) in [4.78, 5) is 27.1. The van der Waals surface area contributed by atoms with Gasteiger partial charge in [0.1, 0.15) is 11.5 Å². The summed E-state index contributed by atoms with van der Waals surface area (Å²) in [6.07, 6.45) is 5.17. The molecular weight excluding hydrogens is 338 g/mol. The van der Waals surface area contributed by atoms with Crippen LogP contribution in [0.1, 0.15) is 17.5 Å². The molecule has 2 aromatic rings. The first-order chi connectivity index (χ1) is 13.0. The average Bonchev–Trinajstić information content (AvgIpc) is 3.29. The number of allylic oxidation sites excluding steroid dienone is 2. The second kappa shape index (κ2) is 5.81. The second-order valence-electron chi connectivity index (χ2n) is 7.93. The molecular formula is C23H21NO3. The predicted octanol–water partition coefficient (Wildman–Crippen LogP) is 4.41. The van der Waals surface area contributed by atoms with Crippen LogP contribution in [0.3, 0.4) is 0 Å². The summed E-state index contributed by atoms with van der Waals surface area (Å²) in [5, 5.41) is 0. The maximum Gasteiger partial charge on any atom is 0.238 e. The lowest BCUT2D eigenvalue weighted by molar-refractivity contribution is -0.123. The first-order valence-electron chi connectivity index (χ1n) is 9.43. The highest BCUT2D eigenvalue weighted by Crippen LogP contribution is 2.53. The van der Waals surface area contributed by atoms with Crippen molar-refractivity contribution in [3.8, 4) is 11.5 Å². The van der Waals surface area contributed by atoms with Gasteiger partial charge in [-0.25, -0.2) is 0 Å². The van der Waals surface area contributed by atoms with Gasteiger partial charge >= 0.3 is 0 Å². The van der Waals surface area contributed by atoms with Gasteiger partial charge in [-0.1, -0.05) is 18.2 Å². The third-order valence-electron chi connectivity index (χ3n) is 6.00. The number of hydrogen-bond acceptors (Lipinski definition) is 3. The molecule has 0 radical (unpaired) electrons. The van der Waals surface area contributed by atoms with Gasteiger partial charge in [0.2, 0.25) is 11.8 Å². The van der Waals surface area contributed by atoms with Crippen LogP contribution in [-0.4, -0.2) is 11.8 Å². The monoisotopic (exact) mass is 359 g/mol. The van der Waals surface area contributed by atoms with Gasteiger partial charge in [-0.15, -0.1) is 0 Å². The summed E-state index contributed by atoms with van der Waals surface area (Å²) < 4.78 is 5.93. The molecule has 4 unspecified atom stereocenters. The summed E-state index contributed by atoms with van der Waals surface area (Å²) in [6, 6.07) is 13.3. The lowest BCUT2D eigenvalue weighted by Gasteiger charge is -2.17. The zero-order valence-electron chi connectivity index (χ0n) is 15.4. The summed E-state index contributed by atoms with van der Waals surface area (Å²) >= 11 is 0. The Morgan fingerprint density at radius 2 is 1.37 bits per heavy atom. The van der Waals surface area contributed by atoms with Gasteiger partial charge in [0.05, 0.1) is 17.5 Å². The highest BCUT2D eigenvalue weighted by atomic mass is 16.5. The van der Waals surface area contributed by atoms with Gasteiger partial charge in [0.25, 0.3) is 0 Å². The molecule has 2 bridgehead atoms. The second-order valence-corrected chi connectivity index (χ2v) is 7.93. The van der Waals surface area contributed by atoms with Crippen LogP contribution in [0.5, 0.6) is 11.5 Å². The van der Waals surface area contributed by atoms with Crippen molar-refractivity contribution in [3.05, 3.63) is 65.7 Å². The minimum atomic E-state index is -0.168. The van der Waals surface area contributed by atoms with Gasteiger partial charge < -0.3 is 4.74 Å². The number of benzene rings is 2. The van der Waals surface area contributed by atoms with Crippen LogP contribution in [0, 0.1) is 37.5 Å². The molecule has 27 heavy (non-hydrogen) atoms. The zero-order chi connectivity index (χ0) is 18.7. The fourth-order valence-corrected chi connectivity index (χ4v) is 4.95. The topological polar surface area (TPSA) is 46.6 Å². The number of carbonyl (C=O) groups is 2. The lowest BCUT2D eigenvalue weighted by Crippen LogP contribution is -2.32. The summed E-state index contributed by atoms with van der Waals surface area (Å²) in [5.74, 6) is 1.49. The van der Waals surface area contributed by atoms with E-state index in [0.717, 1.165) is 23.3 Å². The van der Waals surface area contributed by atoms with E-state index in [-0.39, 0.29) is 35.5 Å². The van der Waals surface area contributed by atoms with Crippen molar-refractivity contribution in [1.29, 1.82) is 0 Å². The number of imide groups is 1. The van der Waals surface area contributed by atoms with E-state index in [1.165, 1.54) is 4.90 Å². The van der Waals surface area contributed by atoms with Crippen LogP contribution in [0.4, 0.5) is 5.69 Å². The number of aryl methyl sites for hydroxylation is 2. The van der Waals surface area contributed by atoms with Crippen molar-refractivity contribution in [2.75, 3.05) is 4.90 Å². The molecule has 1 saturated carbocycles. The molecule has 0 N–H and O–H groups in total. The molecule has 2 aliphatic carbocycles. The third kappa shape index (κ3) is 2.51. The first-order valence-corrected chi connectivity index (χ1v) is 9.43. The van der Waals surface area contributed by atoms with Gasteiger partial charge in [0, 0.05) is 0 Å². The number of fused-ring (bicyclic) bond motifs is 5. The maximum absolute atomic E-state index is 12.9. The predicted molar refractivity (Wildman–Crippen MR) is 103 cm³/mol. The molecule has 0 spiro atoms. The Morgan fingerprint density at radius 3 is 1.93 bits per heavy atom. The molecule has 5 rings (SSSR count). The smallest absolute Gasteiger partial charge is 0.238 e. The van der Waals surface area contributed by atoms with E-state index in [4.69, 9.17) is 4.74 Å². The van der Waals surface area contributed by atoms with Gasteiger partial charge in [-0.05, 0) is 79.6 Å². The Morgan fingerprint density at radius 1 is 0.815 bits per heavy atom. The van der Waals surface area contributed by atoms with E-state index in [9.17, 15) is 9.59 Å². The minimum absolute atomic E-state index is 0.0511. The summed E-state index contributed by atoms with van der Waals surface area (Å²) in [5.41, 5.74) is 2.92. The molecule has 4 nitrogen and oxygen atoms in total. The van der Waals surface area contributed by atoms with Crippen LogP contribution < -0.4 is 9.64 Å². The number of rotatable bonds is 3. The molecule has 136 valence electrons. The Balaban J connectivity index is 1.38. The van der Waals surface area contributed by atoms with Crippen molar-refractivity contribution in [2.24, 2.45) is 23.7 Å². The molecule has 2 fully saturated rings. The van der Waals surface area contributed by atoms with E-state index < -0.39 is 0 Å². The number of carbonyl (C=O) groups excluding carboxylic acids is 2. The molecule has 0 aromatic heterocycles. The Bertz CT molecular complexity index is 925. The van der Waals surface area contributed by atoms with Gasteiger partial charge in [-0.3, -0.25) is 14.5 Å². The third-order valence-corrected chi connectivity index (χ3v) is 6.00. The standard InChI is InChI=1S/C23H21NO3/c1-13-9-14(2)11-19(10-13)27-18-7-5-17(6-8-18)24-22(25)20-15-3-4-16(12-15)21(20)23(24)26/h3-11,15-16,20-21H,12H2,1-2H3. The van der Waals surface area contributed by atoms with E-state index in [1.807, 2.05) is 38.1 Å². The number of ether oxygens (including phenoxy) is 1. The highest BCUT2D eigenvalue weighted by molar-refractivity contribution is 6.22. The number of anilines is 1. The van der Waals surface area contributed by atoms with E-state index in [1.54, 1.807) is 12.1 Å². The summed E-state index contributed by atoms with van der Waals surface area (Å²) in [6.45, 7) is 4.07. The van der Waals surface area contributed by atoms with E-state index in [2.05, 4.69) is 18.2 Å². The Hall–Kier alpha value is -2.88. The molecule has 1 aliphatic heterocycles. The van der Waals surface area contributed by atoms with Crippen molar-refractivity contribution < 1.29 is 14.3 Å². The van der Waals surface area contributed by atoms with Crippen molar-refractivity contribution in [2.45, 2.75) is 20.3 Å². The summed E-state index contributed by atoms with van der Waals surface area (Å²) in [7, 11) is 0. The normalized spacial score (nSPS) is 28.1. The zero-order valence-corrected chi connectivity index (χ0v) is 15.4. The largest absolute Gasteiger partial charge is 0.457 e. The highest BCUT2D eigenvalue weighted by Gasteiger charge is 2.59. The van der Waals surface area contributed by atoms with Crippen LogP contribution in [0.25, 0.3) is 0 Å². The molecule has 2 aromatic carbocycles. The van der Waals surface area contributed by atoms with Gasteiger partial charge in [-0.2, -0.15) is 0 Å². The van der Waals surface area contributed by atoms with Crippen molar-refractivity contribution in [1.82, 2.24) is 0 Å². The fraction of sp³-hybridized carbons (Fsp3) is 0.304. The first kappa shape index (κ1) is 16.3. The number of hydrogen-bond donors (Lipinski definition) is 0. The van der Waals surface area contributed by atoms with Crippen LogP contribution in [0.15, 0.2) is 54.6 Å². The molecule has 3 aliphatic rings. The van der Waals surface area contributed by atoms with E-state index >= 15 is 0 Å². The SMILES string of the molecule is Cc1cc(C)cc(Oc2ccc(N3C(=O)C4C5C=CC(C5)C4C3=O)cc2)c1. The number of amides is 2. The molecule has 1 heterocycles. The molecule has 1 saturated heterocycles. The molecule has 4 heteroatoms. The Labute approximate surface area is 158 Å². The minimum Gasteiger partial charge on any atom is -0.457 e. The quantitative estimate of drug-likeness (QED) is 0.602. The number of nitrogens with zero attached hydrogens (tertiary/aromatic N) is 1. The molecule has 2 amide bonds. The lowest BCUT2D eigenvalue weighted by atomic mass is 9.85. The van der Waals surface area contributed by atoms with Crippen LogP contribution in [0.2, 0.25) is 0 Å². The fourth-order valence-electron chi connectivity index (χ4n) is 4.95. The van der Waals surface area contributed by atoms with Crippen LogP contribution >= 0.6 is 0 Å². The Kier molecular flexibility index (Phi) is 3.51. The molecule has 4 atom stereocenters. The van der Waals surface area contributed by atoms with Crippen molar-refractivity contribution in [3.63, 3.8) is 0 Å². The van der Waals surface area contributed by atoms with Crippen molar-refractivity contribution >= 4 is 17.5 Å². The average molecular weight is 359 g/mol. The van der Waals surface area contributed by atoms with E-state index in [0.29, 0.717) is 11.4 Å². The van der Waals surface area contributed by atoms with Crippen LogP contribution in [-0.2, 0) is 9.59 Å². The maximum atomic E-state index is 12.9.